The molecule has 4 rings (SSSR count). The largest absolute Gasteiger partial charge is 0.440 e. The smallest absolute Gasteiger partial charge is 0.236 e. The second-order valence-corrected chi connectivity index (χ2v) is 6.89. The molecule has 3 aromatic heterocycles. The van der Waals surface area contributed by atoms with E-state index in [1.165, 1.54) is 11.8 Å². The quantitative estimate of drug-likeness (QED) is 0.504. The van der Waals surface area contributed by atoms with Gasteiger partial charge >= 0.3 is 0 Å². The van der Waals surface area contributed by atoms with Gasteiger partial charge in [-0.1, -0.05) is 36.0 Å². The van der Waals surface area contributed by atoms with E-state index in [1.807, 2.05) is 54.8 Å². The number of thioether (sulfide) groups is 1. The van der Waals surface area contributed by atoms with Crippen molar-refractivity contribution in [1.29, 1.82) is 0 Å². The van der Waals surface area contributed by atoms with Crippen LogP contribution in [0.25, 0.3) is 16.5 Å². The predicted octanol–water partition coefficient (Wildman–Crippen LogP) is 3.98. The Morgan fingerprint density at radius 3 is 2.83 bits per heavy atom. The highest BCUT2D eigenvalue weighted by molar-refractivity contribution is 7.98. The first-order valence-corrected chi connectivity index (χ1v) is 9.14. The van der Waals surface area contributed by atoms with Crippen molar-refractivity contribution in [2.45, 2.75) is 17.8 Å². The number of rotatable bonds is 5. The van der Waals surface area contributed by atoms with Crippen molar-refractivity contribution in [3.05, 3.63) is 59.3 Å². The van der Waals surface area contributed by atoms with Gasteiger partial charge in [0.05, 0.1) is 16.3 Å². The number of hydrogen-bond acceptors (Lipinski definition) is 7. The molecule has 0 radical (unpaired) electrons. The molecular formula is C16H13N5OS2. The maximum Gasteiger partial charge on any atom is 0.236 e. The van der Waals surface area contributed by atoms with Crippen LogP contribution < -0.4 is 0 Å². The molecule has 3 heterocycles. The number of tetrazole rings is 1. The van der Waals surface area contributed by atoms with Crippen LogP contribution in [0.5, 0.6) is 0 Å². The van der Waals surface area contributed by atoms with Crippen molar-refractivity contribution in [2.24, 2.45) is 0 Å². The first kappa shape index (κ1) is 15.1. The van der Waals surface area contributed by atoms with E-state index in [4.69, 9.17) is 4.42 Å². The topological polar surface area (TPSA) is 69.6 Å². The first-order chi connectivity index (χ1) is 11.8. The SMILES string of the molecule is Cc1oc(-c2cccs2)nc1CSc1nnnn1-c1ccccc1. The first-order valence-electron chi connectivity index (χ1n) is 7.28. The molecule has 1 aromatic carbocycles. The molecule has 120 valence electrons. The highest BCUT2D eigenvalue weighted by atomic mass is 32.2. The highest BCUT2D eigenvalue weighted by Crippen LogP contribution is 2.29. The van der Waals surface area contributed by atoms with E-state index in [-0.39, 0.29) is 0 Å². The fraction of sp³-hybridized carbons (Fsp3) is 0.125. The Labute approximate surface area is 146 Å². The molecule has 0 atom stereocenters. The fourth-order valence-corrected chi connectivity index (χ4v) is 3.74. The fourth-order valence-electron chi connectivity index (χ4n) is 2.20. The zero-order chi connectivity index (χ0) is 16.4. The minimum absolute atomic E-state index is 0.647. The number of aryl methyl sites for hydroxylation is 1. The average molecular weight is 355 g/mol. The second-order valence-electron chi connectivity index (χ2n) is 5.00. The monoisotopic (exact) mass is 355 g/mol. The van der Waals surface area contributed by atoms with Gasteiger partial charge in [0, 0.05) is 5.75 Å². The molecule has 0 unspecified atom stereocenters. The van der Waals surface area contributed by atoms with E-state index in [0.29, 0.717) is 11.6 Å². The van der Waals surface area contributed by atoms with Gasteiger partial charge < -0.3 is 4.42 Å². The van der Waals surface area contributed by atoms with Crippen molar-refractivity contribution in [3.8, 4) is 16.5 Å². The van der Waals surface area contributed by atoms with Crippen molar-refractivity contribution in [3.63, 3.8) is 0 Å². The summed E-state index contributed by atoms with van der Waals surface area (Å²) in [4.78, 5) is 5.63. The van der Waals surface area contributed by atoms with Crippen LogP contribution in [0.1, 0.15) is 11.5 Å². The van der Waals surface area contributed by atoms with E-state index < -0.39 is 0 Å². The summed E-state index contributed by atoms with van der Waals surface area (Å²) >= 11 is 3.15. The van der Waals surface area contributed by atoms with Crippen LogP contribution in [0.4, 0.5) is 0 Å². The molecular weight excluding hydrogens is 342 g/mol. The zero-order valence-corrected chi connectivity index (χ0v) is 14.4. The van der Waals surface area contributed by atoms with E-state index in [0.717, 1.165) is 27.2 Å². The summed E-state index contributed by atoms with van der Waals surface area (Å²) in [6.45, 7) is 1.93. The van der Waals surface area contributed by atoms with E-state index >= 15 is 0 Å². The van der Waals surface area contributed by atoms with Crippen molar-refractivity contribution < 1.29 is 4.42 Å². The van der Waals surface area contributed by atoms with Crippen molar-refractivity contribution in [2.75, 3.05) is 0 Å². The van der Waals surface area contributed by atoms with Gasteiger partial charge in [0.25, 0.3) is 0 Å². The lowest BCUT2D eigenvalue weighted by Crippen LogP contribution is -1.98. The Morgan fingerprint density at radius 1 is 1.17 bits per heavy atom. The molecule has 0 aliphatic rings. The molecule has 0 fully saturated rings. The summed E-state index contributed by atoms with van der Waals surface area (Å²) in [7, 11) is 0. The van der Waals surface area contributed by atoms with E-state index in [2.05, 4.69) is 20.5 Å². The number of hydrogen-bond donors (Lipinski definition) is 0. The maximum atomic E-state index is 5.77. The van der Waals surface area contributed by atoms with Crippen LogP contribution in [-0.4, -0.2) is 25.2 Å². The van der Waals surface area contributed by atoms with E-state index in [1.54, 1.807) is 16.0 Å². The van der Waals surface area contributed by atoms with Crippen LogP contribution >= 0.6 is 23.1 Å². The lowest BCUT2D eigenvalue weighted by atomic mass is 10.3. The normalized spacial score (nSPS) is 11.0. The summed E-state index contributed by atoms with van der Waals surface area (Å²) in [5.74, 6) is 2.14. The van der Waals surface area contributed by atoms with Gasteiger partial charge in [0.15, 0.2) is 0 Å². The average Bonchev–Trinajstić information content (AvgIpc) is 3.35. The van der Waals surface area contributed by atoms with Crippen LogP contribution in [0.3, 0.4) is 0 Å². The Balaban J connectivity index is 1.53. The second kappa shape index (κ2) is 6.58. The lowest BCUT2D eigenvalue weighted by Gasteiger charge is -2.02. The molecule has 24 heavy (non-hydrogen) atoms. The van der Waals surface area contributed by atoms with Crippen molar-refractivity contribution >= 4 is 23.1 Å². The summed E-state index contributed by atoms with van der Waals surface area (Å²) in [5.41, 5.74) is 1.84. The number of thiophene rings is 1. The van der Waals surface area contributed by atoms with Gasteiger partial charge in [-0.25, -0.2) is 4.98 Å². The molecule has 0 aliphatic heterocycles. The molecule has 8 heteroatoms. The predicted molar refractivity (Wildman–Crippen MR) is 93.3 cm³/mol. The van der Waals surface area contributed by atoms with E-state index in [9.17, 15) is 0 Å². The summed E-state index contributed by atoms with van der Waals surface area (Å²) in [5, 5.41) is 14.7. The Bertz CT molecular complexity index is 931. The molecule has 0 amide bonds. The summed E-state index contributed by atoms with van der Waals surface area (Å²) < 4.78 is 7.49. The molecule has 0 saturated heterocycles. The van der Waals surface area contributed by atoms with Crippen LogP contribution in [-0.2, 0) is 5.75 Å². The van der Waals surface area contributed by atoms with Crippen LogP contribution in [0.15, 0.2) is 57.4 Å². The number of aromatic nitrogens is 5. The molecule has 4 aromatic rings. The summed E-state index contributed by atoms with van der Waals surface area (Å²) in [6.07, 6.45) is 0. The molecule has 0 aliphatic carbocycles. The third kappa shape index (κ3) is 2.98. The van der Waals surface area contributed by atoms with Gasteiger partial charge in [0.1, 0.15) is 5.76 Å². The molecule has 6 nitrogen and oxygen atoms in total. The Morgan fingerprint density at radius 2 is 2.04 bits per heavy atom. The highest BCUT2D eigenvalue weighted by Gasteiger charge is 2.15. The zero-order valence-electron chi connectivity index (χ0n) is 12.8. The molecule has 0 saturated carbocycles. The molecule has 0 bridgehead atoms. The minimum atomic E-state index is 0.647. The number of para-hydroxylation sites is 1. The van der Waals surface area contributed by atoms with Crippen LogP contribution in [0, 0.1) is 6.92 Å². The number of oxazole rings is 1. The van der Waals surface area contributed by atoms with Gasteiger partial charge in [-0.3, -0.25) is 0 Å². The lowest BCUT2D eigenvalue weighted by molar-refractivity contribution is 0.542. The van der Waals surface area contributed by atoms with Gasteiger partial charge in [-0.05, 0) is 40.9 Å². The minimum Gasteiger partial charge on any atom is -0.440 e. The number of nitrogens with zero attached hydrogens (tertiary/aromatic N) is 5. The van der Waals surface area contributed by atoms with Gasteiger partial charge in [0.2, 0.25) is 11.0 Å². The summed E-state index contributed by atoms with van der Waals surface area (Å²) in [6, 6.07) is 13.8. The Hall–Kier alpha value is -2.45. The molecule has 0 N–H and O–H groups in total. The Kier molecular flexibility index (Phi) is 4.14. The molecule has 0 spiro atoms. The maximum absolute atomic E-state index is 5.77. The van der Waals surface area contributed by atoms with Crippen LogP contribution in [0.2, 0.25) is 0 Å². The van der Waals surface area contributed by atoms with Gasteiger partial charge in [-0.2, -0.15) is 4.68 Å². The third-order valence-corrected chi connectivity index (χ3v) is 5.19. The third-order valence-electron chi connectivity index (χ3n) is 3.40. The van der Waals surface area contributed by atoms with Crippen molar-refractivity contribution in [1.82, 2.24) is 25.2 Å². The van der Waals surface area contributed by atoms with Gasteiger partial charge in [-0.15, -0.1) is 16.4 Å². The standard InChI is InChI=1S/C16H13N5OS2/c1-11-13(17-15(22-11)14-8-5-9-23-14)10-24-16-18-19-20-21(16)12-6-3-2-4-7-12/h2-9H,10H2,1H3. The number of benzene rings is 1.